The Morgan fingerprint density at radius 1 is 1.09 bits per heavy atom. The van der Waals surface area contributed by atoms with Gasteiger partial charge in [-0.1, -0.05) is 13.8 Å². The number of rotatable bonds is 11. The van der Waals surface area contributed by atoms with Gasteiger partial charge in [0.25, 0.3) is 0 Å². The van der Waals surface area contributed by atoms with Crippen LogP contribution in [0.1, 0.15) is 13.8 Å². The lowest BCUT2D eigenvalue weighted by Crippen LogP contribution is -2.19. The maximum absolute atomic E-state index is 14.8. The molecule has 0 aliphatic carbocycles. The minimum atomic E-state index is -0.497. The van der Waals surface area contributed by atoms with E-state index in [9.17, 15) is 9.18 Å². The fraction of sp³-hybridized carbons (Fsp3) is 0.348. The first-order chi connectivity index (χ1) is 15.5. The number of hydrogen-bond acceptors (Lipinski definition) is 7. The van der Waals surface area contributed by atoms with Crippen LogP contribution in [0, 0.1) is 11.7 Å². The molecule has 0 aliphatic rings. The van der Waals surface area contributed by atoms with Gasteiger partial charge in [-0.2, -0.15) is 0 Å². The maximum atomic E-state index is 14.8. The van der Waals surface area contributed by atoms with E-state index >= 15 is 0 Å². The molecule has 0 atom stereocenters. The van der Waals surface area contributed by atoms with Gasteiger partial charge in [-0.15, -0.1) is 0 Å². The lowest BCUT2D eigenvalue weighted by Gasteiger charge is -2.12. The third-order valence-corrected chi connectivity index (χ3v) is 4.34. The Morgan fingerprint density at radius 3 is 2.56 bits per heavy atom. The van der Waals surface area contributed by atoms with Crippen LogP contribution in [-0.4, -0.2) is 49.4 Å². The molecule has 0 saturated heterocycles. The van der Waals surface area contributed by atoms with Gasteiger partial charge in [0.2, 0.25) is 5.91 Å². The van der Waals surface area contributed by atoms with Crippen molar-refractivity contribution in [2.45, 2.75) is 13.8 Å². The van der Waals surface area contributed by atoms with Crippen molar-refractivity contribution in [1.82, 2.24) is 9.97 Å². The third kappa shape index (κ3) is 6.60. The molecular weight excluding hydrogens is 415 g/mol. The fourth-order valence-corrected chi connectivity index (χ4v) is 2.90. The van der Waals surface area contributed by atoms with E-state index in [-0.39, 0.29) is 17.9 Å². The molecule has 0 saturated carbocycles. The Labute approximate surface area is 186 Å². The van der Waals surface area contributed by atoms with Crippen LogP contribution in [0.4, 0.5) is 21.6 Å². The smallest absolute Gasteiger partial charge is 0.250 e. The first kappa shape index (κ1) is 23.4. The molecule has 3 aromatic rings. The van der Waals surface area contributed by atoms with E-state index in [1.165, 1.54) is 12.4 Å². The fourth-order valence-electron chi connectivity index (χ4n) is 2.90. The van der Waals surface area contributed by atoms with Gasteiger partial charge in [-0.3, -0.25) is 4.79 Å². The monoisotopic (exact) mass is 442 g/mol. The summed E-state index contributed by atoms with van der Waals surface area (Å²) < 4.78 is 30.5. The lowest BCUT2D eigenvalue weighted by molar-refractivity contribution is -0.120. The number of nitrogens with zero attached hydrogens (tertiary/aromatic N) is 2. The number of fused-ring (bicyclic) bond motifs is 1. The molecule has 0 fully saturated rings. The molecule has 0 radical (unpaired) electrons. The summed E-state index contributed by atoms with van der Waals surface area (Å²) in [6.07, 6.45) is 1.36. The Balaban J connectivity index is 1.67. The van der Waals surface area contributed by atoms with Crippen LogP contribution in [0.3, 0.4) is 0 Å². The molecule has 0 unspecified atom stereocenters. The molecule has 2 N–H and O–H groups in total. The number of carbonyl (C=O) groups is 1. The molecule has 1 heterocycles. The van der Waals surface area contributed by atoms with E-state index in [0.29, 0.717) is 54.2 Å². The van der Waals surface area contributed by atoms with E-state index < -0.39 is 5.82 Å². The van der Waals surface area contributed by atoms with E-state index in [0.717, 1.165) is 0 Å². The number of ether oxygens (including phenoxy) is 3. The molecule has 0 bridgehead atoms. The molecule has 8 nitrogen and oxygen atoms in total. The minimum absolute atomic E-state index is 0.00154. The summed E-state index contributed by atoms with van der Waals surface area (Å²) in [6.45, 7) is 5.28. The summed E-state index contributed by atoms with van der Waals surface area (Å²) in [4.78, 5) is 20.3. The second-order valence-electron chi connectivity index (χ2n) is 7.52. The average Bonchev–Trinajstić information content (AvgIpc) is 2.75. The summed E-state index contributed by atoms with van der Waals surface area (Å²) in [5.41, 5.74) is 1.73. The van der Waals surface area contributed by atoms with Crippen LogP contribution in [-0.2, 0) is 14.3 Å². The zero-order valence-corrected chi connectivity index (χ0v) is 18.4. The Morgan fingerprint density at radius 2 is 1.84 bits per heavy atom. The zero-order valence-electron chi connectivity index (χ0n) is 18.4. The topological polar surface area (TPSA) is 94.6 Å². The van der Waals surface area contributed by atoms with Gasteiger partial charge >= 0.3 is 0 Å². The number of anilines is 3. The van der Waals surface area contributed by atoms with E-state index in [2.05, 4.69) is 20.6 Å². The number of methoxy groups -OCH3 is 1. The van der Waals surface area contributed by atoms with Crippen molar-refractivity contribution >= 4 is 34.0 Å². The first-order valence-electron chi connectivity index (χ1n) is 10.3. The highest BCUT2D eigenvalue weighted by Crippen LogP contribution is 2.29. The zero-order chi connectivity index (χ0) is 22.9. The largest absolute Gasteiger partial charge is 0.491 e. The van der Waals surface area contributed by atoms with Crippen molar-refractivity contribution in [2.24, 2.45) is 5.92 Å². The van der Waals surface area contributed by atoms with Crippen molar-refractivity contribution in [3.63, 3.8) is 0 Å². The molecule has 1 amide bonds. The maximum Gasteiger partial charge on any atom is 0.250 e. The molecule has 3 rings (SSSR count). The standard InChI is InChI=1S/C23H27FN4O4/c1-15(2)12-31-13-21(29)27-16-4-6-17(7-5-16)28-23-22-19(24)10-18(32-9-8-30-3)11-20(22)25-14-26-23/h4-7,10-11,14-15H,8-9,12-13H2,1-3H3,(H,27,29)(H,25,26,28). The van der Waals surface area contributed by atoms with Crippen LogP contribution in [0.15, 0.2) is 42.7 Å². The first-order valence-corrected chi connectivity index (χ1v) is 10.3. The van der Waals surface area contributed by atoms with Crippen LogP contribution >= 0.6 is 0 Å². The van der Waals surface area contributed by atoms with Gasteiger partial charge < -0.3 is 24.8 Å². The van der Waals surface area contributed by atoms with Crippen molar-refractivity contribution in [3.05, 3.63) is 48.5 Å². The van der Waals surface area contributed by atoms with Gasteiger partial charge in [0.15, 0.2) is 0 Å². The Kier molecular flexibility index (Phi) is 8.29. The number of carbonyl (C=O) groups excluding carboxylic acids is 1. The van der Waals surface area contributed by atoms with Gasteiger partial charge in [-0.25, -0.2) is 14.4 Å². The lowest BCUT2D eigenvalue weighted by atomic mass is 10.2. The second-order valence-corrected chi connectivity index (χ2v) is 7.52. The number of nitrogens with one attached hydrogen (secondary N) is 2. The number of hydrogen-bond donors (Lipinski definition) is 2. The highest BCUT2D eigenvalue weighted by molar-refractivity contribution is 5.93. The van der Waals surface area contributed by atoms with Gasteiger partial charge in [0.05, 0.1) is 17.5 Å². The molecule has 9 heteroatoms. The van der Waals surface area contributed by atoms with E-state index in [4.69, 9.17) is 14.2 Å². The minimum Gasteiger partial charge on any atom is -0.491 e. The van der Waals surface area contributed by atoms with Crippen LogP contribution in [0.5, 0.6) is 5.75 Å². The highest BCUT2D eigenvalue weighted by Gasteiger charge is 2.12. The summed E-state index contributed by atoms with van der Waals surface area (Å²) in [5, 5.41) is 6.13. The highest BCUT2D eigenvalue weighted by atomic mass is 19.1. The summed E-state index contributed by atoms with van der Waals surface area (Å²) >= 11 is 0. The van der Waals surface area contributed by atoms with Gasteiger partial charge in [-0.05, 0) is 30.2 Å². The van der Waals surface area contributed by atoms with Crippen LogP contribution in [0.25, 0.3) is 10.9 Å². The van der Waals surface area contributed by atoms with Gasteiger partial charge in [0, 0.05) is 37.2 Å². The second kappa shape index (κ2) is 11.4. The number of benzene rings is 2. The summed E-state index contributed by atoms with van der Waals surface area (Å²) in [5.74, 6) is 0.344. The predicted molar refractivity (Wildman–Crippen MR) is 121 cm³/mol. The Hall–Kier alpha value is -3.30. The molecule has 0 aliphatic heterocycles. The van der Waals surface area contributed by atoms with Gasteiger partial charge in [0.1, 0.15) is 36.9 Å². The van der Waals surface area contributed by atoms with E-state index in [1.807, 2.05) is 13.8 Å². The molecule has 0 spiro atoms. The summed E-state index contributed by atoms with van der Waals surface area (Å²) in [6, 6.07) is 9.96. The molecule has 1 aromatic heterocycles. The van der Waals surface area contributed by atoms with Crippen molar-refractivity contribution in [1.29, 1.82) is 0 Å². The normalized spacial score (nSPS) is 11.0. The Bertz CT molecular complexity index is 1040. The molecule has 2 aromatic carbocycles. The van der Waals surface area contributed by atoms with Crippen molar-refractivity contribution < 1.29 is 23.4 Å². The number of aromatic nitrogens is 2. The molecular formula is C23H27FN4O4. The average molecular weight is 442 g/mol. The van der Waals surface area contributed by atoms with Crippen LogP contribution < -0.4 is 15.4 Å². The van der Waals surface area contributed by atoms with Crippen molar-refractivity contribution in [2.75, 3.05) is 44.2 Å². The van der Waals surface area contributed by atoms with E-state index in [1.54, 1.807) is 37.4 Å². The summed E-state index contributed by atoms with van der Waals surface area (Å²) in [7, 11) is 1.57. The number of amides is 1. The predicted octanol–water partition coefficient (Wildman–Crippen LogP) is 4.15. The number of halogens is 1. The molecule has 170 valence electrons. The van der Waals surface area contributed by atoms with Crippen LogP contribution in [0.2, 0.25) is 0 Å². The molecule has 32 heavy (non-hydrogen) atoms. The quantitative estimate of drug-likeness (QED) is 0.431. The third-order valence-electron chi connectivity index (χ3n) is 4.34. The van der Waals surface area contributed by atoms with Crippen molar-refractivity contribution in [3.8, 4) is 5.75 Å². The SMILES string of the molecule is COCCOc1cc(F)c2c(Nc3ccc(NC(=O)COCC(C)C)cc3)ncnc2c1.